The molecule has 0 aromatic heterocycles. The van der Waals surface area contributed by atoms with Crippen molar-refractivity contribution in [2.24, 2.45) is 0 Å². The van der Waals surface area contributed by atoms with Crippen molar-refractivity contribution in [1.29, 1.82) is 0 Å². The Morgan fingerprint density at radius 3 is 1.79 bits per heavy atom. The fourth-order valence-corrected chi connectivity index (χ4v) is 14.5. The average Bonchev–Trinajstić information content (AvgIpc) is 2.30. The molecule has 0 spiro atoms. The summed E-state index contributed by atoms with van der Waals surface area (Å²) in [6, 6.07) is 0. The van der Waals surface area contributed by atoms with E-state index in [-0.39, 0.29) is 4.43 Å². The third-order valence-electron chi connectivity index (χ3n) is 2.95. The van der Waals surface area contributed by atoms with E-state index in [1.54, 1.807) is 9.86 Å². The van der Waals surface area contributed by atoms with Crippen LogP contribution in [-0.4, -0.2) is 64.0 Å². The summed E-state index contributed by atoms with van der Waals surface area (Å²) in [5.74, 6) is -1.51. The van der Waals surface area contributed by atoms with Gasteiger partial charge in [0.2, 0.25) is 0 Å². The molecule has 0 aromatic carbocycles. The standard InChI is InChI=1S/C11H19F5I2O5S/c1-9(18(4)5,6-17(2)3)8(19)23-7(10(12,13)14)11(15,16)24(20,21)22/h7H,6H2,1-5H3,(H,20,21,22). The molecule has 0 saturated carbocycles. The first-order valence-electron chi connectivity index (χ1n) is 5.96. The Morgan fingerprint density at radius 1 is 1.12 bits per heavy atom. The van der Waals surface area contributed by atoms with Crippen LogP contribution in [0.4, 0.5) is 22.0 Å². The van der Waals surface area contributed by atoms with E-state index in [1.807, 2.05) is 9.86 Å². The average molecular weight is 612 g/mol. The van der Waals surface area contributed by atoms with Crippen molar-refractivity contribution >= 4 is 55.7 Å². The molecule has 0 aromatic rings. The van der Waals surface area contributed by atoms with Crippen molar-refractivity contribution in [2.45, 2.75) is 27.9 Å². The van der Waals surface area contributed by atoms with Gasteiger partial charge in [-0.1, -0.05) is 0 Å². The molecule has 148 valence electrons. The Balaban J connectivity index is 5.88. The summed E-state index contributed by atoms with van der Waals surface area (Å²) in [6.07, 6.45) is -10.1. The molecule has 0 amide bonds. The summed E-state index contributed by atoms with van der Waals surface area (Å²) < 4.78 is 98.0. The zero-order valence-corrected chi connectivity index (χ0v) is 18.6. The number of carbonyl (C=O) groups is 1. The van der Waals surface area contributed by atoms with Crippen LogP contribution in [0.1, 0.15) is 6.92 Å². The van der Waals surface area contributed by atoms with Gasteiger partial charge in [-0.3, -0.25) is 0 Å². The molecule has 0 rings (SSSR count). The zero-order chi connectivity index (χ0) is 19.7. The van der Waals surface area contributed by atoms with Gasteiger partial charge in [0.1, 0.15) is 0 Å². The Labute approximate surface area is 151 Å². The van der Waals surface area contributed by atoms with Gasteiger partial charge >= 0.3 is 152 Å². The molecule has 0 radical (unpaired) electrons. The SMILES string of the molecule is CI(C)CC(C)(C(=O)OC(C(F)(F)F)C(F)(F)S(=O)(=O)O)I(C)C. The van der Waals surface area contributed by atoms with E-state index >= 15 is 0 Å². The molecule has 0 bridgehead atoms. The van der Waals surface area contributed by atoms with E-state index in [4.69, 9.17) is 4.55 Å². The number of ether oxygens (including phenoxy) is 1. The van der Waals surface area contributed by atoms with Crippen LogP contribution in [0.3, 0.4) is 0 Å². The summed E-state index contributed by atoms with van der Waals surface area (Å²) in [4.78, 5) is 19.3. The van der Waals surface area contributed by atoms with E-state index in [9.17, 15) is 35.2 Å². The number of alkyl halides is 11. The number of rotatable bonds is 7. The van der Waals surface area contributed by atoms with Crippen molar-refractivity contribution in [3.05, 3.63) is 0 Å². The van der Waals surface area contributed by atoms with E-state index in [0.717, 1.165) is 0 Å². The zero-order valence-electron chi connectivity index (χ0n) is 13.4. The summed E-state index contributed by atoms with van der Waals surface area (Å²) >= 11 is -3.81. The third-order valence-corrected chi connectivity index (χ3v) is 13.9. The van der Waals surface area contributed by atoms with Gasteiger partial charge in [0.25, 0.3) is 0 Å². The van der Waals surface area contributed by atoms with Crippen molar-refractivity contribution < 1.29 is 44.5 Å². The van der Waals surface area contributed by atoms with Gasteiger partial charge in [-0.05, 0) is 0 Å². The predicted molar refractivity (Wildman–Crippen MR) is 97.4 cm³/mol. The van der Waals surface area contributed by atoms with Gasteiger partial charge in [-0.2, -0.15) is 0 Å². The minimum atomic E-state index is -6.43. The van der Waals surface area contributed by atoms with Crippen molar-refractivity contribution in [3.63, 3.8) is 0 Å². The topological polar surface area (TPSA) is 80.7 Å². The molecular weight excluding hydrogens is 593 g/mol. The fourth-order valence-electron chi connectivity index (χ4n) is 1.50. The third kappa shape index (κ3) is 5.75. The normalized spacial score (nSPS) is 18.5. The molecule has 0 saturated heterocycles. The first-order chi connectivity index (χ1) is 10.4. The van der Waals surface area contributed by atoms with E-state index in [0.29, 0.717) is 0 Å². The van der Waals surface area contributed by atoms with E-state index in [1.165, 1.54) is 6.92 Å². The molecule has 2 unspecified atom stereocenters. The quantitative estimate of drug-likeness (QED) is 0.157. The number of hydrogen-bond acceptors (Lipinski definition) is 4. The van der Waals surface area contributed by atoms with Gasteiger partial charge in [-0.15, -0.1) is 0 Å². The number of esters is 1. The summed E-state index contributed by atoms with van der Waals surface area (Å²) in [5, 5.41) is -5.70. The second-order valence-electron chi connectivity index (χ2n) is 5.36. The molecule has 1 N–H and O–H groups in total. The number of halogens is 7. The van der Waals surface area contributed by atoms with Crippen molar-refractivity contribution in [2.75, 3.05) is 24.1 Å². The van der Waals surface area contributed by atoms with Gasteiger partial charge in [0, 0.05) is 0 Å². The molecule has 0 aliphatic carbocycles. The summed E-state index contributed by atoms with van der Waals surface area (Å²) in [7, 11) is -6.43. The van der Waals surface area contributed by atoms with Crippen LogP contribution >= 0.6 is 39.6 Å². The van der Waals surface area contributed by atoms with Crippen molar-refractivity contribution in [1.82, 2.24) is 0 Å². The first kappa shape index (κ1) is 24.5. The molecule has 0 heterocycles. The molecule has 0 aliphatic heterocycles. The van der Waals surface area contributed by atoms with Gasteiger partial charge in [-0.25, -0.2) is 0 Å². The molecule has 0 fully saturated rings. The number of hydrogen-bond donors (Lipinski definition) is 1. The Kier molecular flexibility index (Phi) is 8.18. The minimum absolute atomic E-state index is 0.260. The van der Waals surface area contributed by atoms with Crippen LogP contribution in [0, 0.1) is 0 Å². The molecule has 2 atom stereocenters. The van der Waals surface area contributed by atoms with Crippen molar-refractivity contribution in [3.8, 4) is 0 Å². The van der Waals surface area contributed by atoms with Crippen LogP contribution in [-0.2, 0) is 19.6 Å². The van der Waals surface area contributed by atoms with Gasteiger partial charge in [0.05, 0.1) is 0 Å². The van der Waals surface area contributed by atoms with Crippen LogP contribution in [0.5, 0.6) is 0 Å². The second-order valence-corrected chi connectivity index (χ2v) is 19.5. The molecular formula is C11H19F5I2O5S. The van der Waals surface area contributed by atoms with E-state index in [2.05, 4.69) is 4.74 Å². The molecule has 24 heavy (non-hydrogen) atoms. The maximum atomic E-state index is 13.5. The van der Waals surface area contributed by atoms with Gasteiger partial charge in [0.15, 0.2) is 0 Å². The van der Waals surface area contributed by atoms with Crippen LogP contribution in [0.2, 0.25) is 0 Å². The van der Waals surface area contributed by atoms with Crippen LogP contribution in [0.25, 0.3) is 0 Å². The molecule has 13 heteroatoms. The Bertz CT molecular complexity index is 564. The van der Waals surface area contributed by atoms with E-state index < -0.39 is 76.7 Å². The van der Waals surface area contributed by atoms with Crippen LogP contribution < -0.4 is 0 Å². The molecule has 0 aliphatic rings. The Hall–Kier alpha value is 0.490. The maximum absolute atomic E-state index is 13.5. The van der Waals surface area contributed by atoms with Crippen LogP contribution in [0.15, 0.2) is 0 Å². The fraction of sp³-hybridized carbons (Fsp3) is 0.909. The monoisotopic (exact) mass is 612 g/mol. The summed E-state index contributed by atoms with van der Waals surface area (Å²) in [5.41, 5.74) is 0. The second kappa shape index (κ2) is 8.02. The molecule has 5 nitrogen and oxygen atoms in total. The Morgan fingerprint density at radius 2 is 1.54 bits per heavy atom. The summed E-state index contributed by atoms with van der Waals surface area (Å²) in [6.45, 7) is 1.36. The van der Waals surface area contributed by atoms with Gasteiger partial charge < -0.3 is 0 Å². The first-order valence-corrected chi connectivity index (χ1v) is 18.6. The number of carbonyl (C=O) groups excluding carboxylic acids is 1. The predicted octanol–water partition coefficient (Wildman–Crippen LogP) is 3.23.